The molecule has 1 aromatic rings. The summed E-state index contributed by atoms with van der Waals surface area (Å²) in [6.45, 7) is 1.96. The van der Waals surface area contributed by atoms with Crippen molar-refractivity contribution in [3.8, 4) is 0 Å². The van der Waals surface area contributed by atoms with Crippen molar-refractivity contribution in [1.82, 2.24) is 0 Å². The topological polar surface area (TPSA) is 89.3 Å². The van der Waals surface area contributed by atoms with Crippen molar-refractivity contribution in [2.45, 2.75) is 30.9 Å². The summed E-state index contributed by atoms with van der Waals surface area (Å²) in [5.41, 5.74) is 6.13. The number of unbranched alkanes of at least 4 members (excludes halogenated alkanes) is 1. The van der Waals surface area contributed by atoms with E-state index in [0.29, 0.717) is 35.9 Å². The molecule has 0 spiro atoms. The van der Waals surface area contributed by atoms with E-state index in [1.54, 1.807) is 24.3 Å². The molecule has 0 aliphatic carbocycles. The maximum absolute atomic E-state index is 12.7. The first-order valence-electron chi connectivity index (χ1n) is 6.45. The standard InChI is InChI=1S/C14H16N2O3S/c1-2-3-8-14(20-13(15)19)11(17)9-6-4-5-7-10(9)16-12(14)18/h4-7H,2-3,8H2,1H3,(H2,15,19)(H,16,18). The highest BCUT2D eigenvalue weighted by molar-refractivity contribution is 8.16. The van der Waals surface area contributed by atoms with E-state index < -0.39 is 15.9 Å². The van der Waals surface area contributed by atoms with E-state index in [1.807, 2.05) is 6.92 Å². The van der Waals surface area contributed by atoms with E-state index in [0.717, 1.165) is 6.42 Å². The van der Waals surface area contributed by atoms with Crippen molar-refractivity contribution in [1.29, 1.82) is 0 Å². The molecule has 2 amide bonds. The zero-order chi connectivity index (χ0) is 14.8. The van der Waals surface area contributed by atoms with Gasteiger partial charge >= 0.3 is 0 Å². The molecule has 0 bridgehead atoms. The number of hydrogen-bond donors (Lipinski definition) is 2. The second-order valence-electron chi connectivity index (χ2n) is 4.68. The summed E-state index contributed by atoms with van der Waals surface area (Å²) in [7, 11) is 0. The van der Waals surface area contributed by atoms with Gasteiger partial charge in [0.15, 0.2) is 10.5 Å². The molecule has 3 N–H and O–H groups in total. The molecule has 0 fully saturated rings. The number of Topliss-reactive ketones (excluding diaryl/α,β-unsaturated/α-hetero) is 1. The third-order valence-electron chi connectivity index (χ3n) is 3.31. The molecule has 1 atom stereocenters. The highest BCUT2D eigenvalue weighted by atomic mass is 32.2. The van der Waals surface area contributed by atoms with Crippen LogP contribution in [0.2, 0.25) is 0 Å². The largest absolute Gasteiger partial charge is 0.360 e. The van der Waals surface area contributed by atoms with Crippen molar-refractivity contribution in [2.75, 3.05) is 5.32 Å². The van der Waals surface area contributed by atoms with Crippen LogP contribution < -0.4 is 11.1 Å². The highest BCUT2D eigenvalue weighted by Gasteiger charge is 2.51. The molecule has 0 aromatic heterocycles. The Labute approximate surface area is 121 Å². The second kappa shape index (κ2) is 5.66. The number of para-hydroxylation sites is 1. The number of anilines is 1. The zero-order valence-electron chi connectivity index (χ0n) is 11.1. The lowest BCUT2D eigenvalue weighted by Crippen LogP contribution is -2.51. The normalized spacial score (nSPS) is 21.2. The third kappa shape index (κ3) is 2.43. The number of hydrogen-bond acceptors (Lipinski definition) is 4. The fourth-order valence-corrected chi connectivity index (χ4v) is 3.24. The maximum atomic E-state index is 12.7. The number of thioether (sulfide) groups is 1. The predicted octanol–water partition coefficient (Wildman–Crippen LogP) is 2.56. The van der Waals surface area contributed by atoms with Crippen LogP contribution in [0.4, 0.5) is 10.5 Å². The summed E-state index contributed by atoms with van der Waals surface area (Å²) in [6.07, 6.45) is 1.79. The first kappa shape index (κ1) is 14.6. The third-order valence-corrected chi connectivity index (χ3v) is 4.44. The molecule has 1 aliphatic rings. The molecule has 1 unspecified atom stereocenters. The number of amides is 2. The van der Waals surface area contributed by atoms with Gasteiger partial charge in [0.1, 0.15) is 0 Å². The summed E-state index contributed by atoms with van der Waals surface area (Å²) in [4.78, 5) is 36.4. The van der Waals surface area contributed by atoms with E-state index in [9.17, 15) is 14.4 Å². The molecule has 0 radical (unpaired) electrons. The van der Waals surface area contributed by atoms with Gasteiger partial charge in [-0.05, 0) is 30.3 Å². The fourth-order valence-electron chi connectivity index (χ4n) is 2.30. The van der Waals surface area contributed by atoms with Gasteiger partial charge in [-0.1, -0.05) is 31.9 Å². The number of primary amides is 1. The Morgan fingerprint density at radius 1 is 1.35 bits per heavy atom. The lowest BCUT2D eigenvalue weighted by Gasteiger charge is -2.33. The molecule has 5 nitrogen and oxygen atoms in total. The summed E-state index contributed by atoms with van der Waals surface area (Å²) < 4.78 is -1.43. The molecule has 106 valence electrons. The van der Waals surface area contributed by atoms with Crippen LogP contribution in [0.3, 0.4) is 0 Å². The van der Waals surface area contributed by atoms with E-state index in [-0.39, 0.29) is 5.78 Å². The SMILES string of the molecule is CCCCC1(SC(N)=O)C(=O)Nc2ccccc2C1=O. The van der Waals surface area contributed by atoms with Crippen LogP contribution in [0.15, 0.2) is 24.3 Å². The van der Waals surface area contributed by atoms with Gasteiger partial charge in [0.25, 0.3) is 5.24 Å². The van der Waals surface area contributed by atoms with Gasteiger partial charge in [0.2, 0.25) is 5.91 Å². The number of ketones is 1. The van der Waals surface area contributed by atoms with Gasteiger partial charge < -0.3 is 11.1 Å². The Bertz CT molecular complexity index is 573. The van der Waals surface area contributed by atoms with Crippen LogP contribution in [-0.2, 0) is 4.79 Å². The van der Waals surface area contributed by atoms with E-state index in [2.05, 4.69) is 5.32 Å². The van der Waals surface area contributed by atoms with Gasteiger partial charge in [-0.3, -0.25) is 14.4 Å². The van der Waals surface area contributed by atoms with Crippen molar-refractivity contribution in [2.24, 2.45) is 5.73 Å². The van der Waals surface area contributed by atoms with Crippen LogP contribution in [0.1, 0.15) is 36.5 Å². The van der Waals surface area contributed by atoms with Gasteiger partial charge in [0.05, 0.1) is 5.69 Å². The van der Waals surface area contributed by atoms with Crippen molar-refractivity contribution in [3.05, 3.63) is 29.8 Å². The monoisotopic (exact) mass is 292 g/mol. The van der Waals surface area contributed by atoms with Crippen molar-refractivity contribution >= 4 is 34.4 Å². The smallest absolute Gasteiger partial charge is 0.277 e. The molecule has 2 rings (SSSR count). The quantitative estimate of drug-likeness (QED) is 0.835. The molecular weight excluding hydrogens is 276 g/mol. The summed E-state index contributed by atoms with van der Waals surface area (Å²) in [5, 5.41) is 1.99. The molecular formula is C14H16N2O3S. The van der Waals surface area contributed by atoms with Crippen LogP contribution in [0, 0.1) is 0 Å². The average Bonchev–Trinajstić information content (AvgIpc) is 2.41. The van der Waals surface area contributed by atoms with E-state index in [1.165, 1.54) is 0 Å². The summed E-state index contributed by atoms with van der Waals surface area (Å²) >= 11 is 0.620. The molecule has 1 aliphatic heterocycles. The first-order chi connectivity index (χ1) is 9.51. The number of carbonyl (C=O) groups is 3. The molecule has 1 heterocycles. The van der Waals surface area contributed by atoms with Gasteiger partial charge in [-0.2, -0.15) is 0 Å². The van der Waals surface area contributed by atoms with Gasteiger partial charge in [-0.25, -0.2) is 0 Å². The highest BCUT2D eigenvalue weighted by Crippen LogP contribution is 2.40. The van der Waals surface area contributed by atoms with Gasteiger partial charge in [-0.15, -0.1) is 0 Å². The van der Waals surface area contributed by atoms with E-state index in [4.69, 9.17) is 5.73 Å². The number of rotatable bonds is 4. The summed E-state index contributed by atoms with van der Waals surface area (Å²) in [6, 6.07) is 6.80. The molecule has 1 aromatic carbocycles. The lowest BCUT2D eigenvalue weighted by atomic mass is 9.87. The first-order valence-corrected chi connectivity index (χ1v) is 7.26. The van der Waals surface area contributed by atoms with Crippen LogP contribution in [-0.4, -0.2) is 21.7 Å². The Morgan fingerprint density at radius 3 is 2.70 bits per heavy atom. The Balaban J connectivity index is 2.48. The predicted molar refractivity (Wildman–Crippen MR) is 78.8 cm³/mol. The van der Waals surface area contributed by atoms with Crippen molar-refractivity contribution < 1.29 is 14.4 Å². The fraction of sp³-hybridized carbons (Fsp3) is 0.357. The zero-order valence-corrected chi connectivity index (χ0v) is 12.0. The van der Waals surface area contributed by atoms with Crippen LogP contribution >= 0.6 is 11.8 Å². The number of carbonyl (C=O) groups excluding carboxylic acids is 3. The minimum Gasteiger partial charge on any atom is -0.360 e. The number of nitrogens with one attached hydrogen (secondary N) is 1. The van der Waals surface area contributed by atoms with Crippen LogP contribution in [0.5, 0.6) is 0 Å². The van der Waals surface area contributed by atoms with Crippen LogP contribution in [0.25, 0.3) is 0 Å². The average molecular weight is 292 g/mol. The van der Waals surface area contributed by atoms with Gasteiger partial charge in [0, 0.05) is 5.56 Å². The Hall–Kier alpha value is -1.82. The van der Waals surface area contributed by atoms with E-state index >= 15 is 0 Å². The Kier molecular flexibility index (Phi) is 4.13. The molecule has 0 saturated heterocycles. The number of fused-ring (bicyclic) bond motifs is 1. The lowest BCUT2D eigenvalue weighted by molar-refractivity contribution is -0.117. The second-order valence-corrected chi connectivity index (χ2v) is 5.98. The molecule has 6 heteroatoms. The minimum atomic E-state index is -1.43. The molecule has 0 saturated carbocycles. The Morgan fingerprint density at radius 2 is 2.05 bits per heavy atom. The summed E-state index contributed by atoms with van der Waals surface area (Å²) in [5.74, 6) is -0.799. The number of nitrogens with two attached hydrogens (primary N) is 1. The van der Waals surface area contributed by atoms with Crippen molar-refractivity contribution in [3.63, 3.8) is 0 Å². The maximum Gasteiger partial charge on any atom is 0.277 e. The number of benzene rings is 1. The molecule has 20 heavy (non-hydrogen) atoms. The minimum absolute atomic E-state index is 0.302.